The minimum atomic E-state index is -0.961. The van der Waals surface area contributed by atoms with E-state index in [2.05, 4.69) is 30.3 Å². The number of hydrogen-bond acceptors (Lipinski definition) is 4. The molecule has 5 heteroatoms. The Bertz CT molecular complexity index is 1070. The van der Waals surface area contributed by atoms with Gasteiger partial charge in [-0.25, -0.2) is 4.79 Å². The van der Waals surface area contributed by atoms with Crippen LogP contribution in [-0.2, 0) is 22.6 Å². The lowest BCUT2D eigenvalue weighted by Gasteiger charge is -2.12. The largest absolute Gasteiger partial charge is 0.494 e. The minimum absolute atomic E-state index is 0.326. The molecule has 0 bridgehead atoms. The molecule has 0 aliphatic carbocycles. The van der Waals surface area contributed by atoms with Crippen LogP contribution in [0, 0.1) is 0 Å². The highest BCUT2D eigenvalue weighted by atomic mass is 16.5. The van der Waals surface area contributed by atoms with Crippen LogP contribution < -0.4 is 9.47 Å². The zero-order valence-corrected chi connectivity index (χ0v) is 18.7. The molecule has 0 saturated carbocycles. The molecule has 1 aliphatic rings. The van der Waals surface area contributed by atoms with Crippen molar-refractivity contribution >= 4 is 11.5 Å². The predicted octanol–water partition coefficient (Wildman–Crippen LogP) is 5.51. The molecule has 170 valence electrons. The second-order valence-electron chi connectivity index (χ2n) is 7.96. The summed E-state index contributed by atoms with van der Waals surface area (Å²) in [6, 6.07) is 24.1. The molecular formula is C28H28O5. The number of rotatable bonds is 9. The summed E-state index contributed by atoms with van der Waals surface area (Å²) in [6.07, 6.45) is 3.52. The van der Waals surface area contributed by atoms with Crippen LogP contribution >= 0.6 is 0 Å². The molecule has 5 nitrogen and oxygen atoms in total. The Morgan fingerprint density at radius 1 is 1.03 bits per heavy atom. The third-order valence-corrected chi connectivity index (χ3v) is 5.74. The summed E-state index contributed by atoms with van der Waals surface area (Å²) < 4.78 is 16.9. The summed E-state index contributed by atoms with van der Waals surface area (Å²) >= 11 is 0. The quantitative estimate of drug-likeness (QED) is 0.441. The Balaban J connectivity index is 1.36. The van der Waals surface area contributed by atoms with Gasteiger partial charge in [0.2, 0.25) is 0 Å². The maximum absolute atomic E-state index is 11.1. The van der Waals surface area contributed by atoms with Crippen molar-refractivity contribution in [2.45, 2.75) is 32.0 Å². The second-order valence-corrected chi connectivity index (χ2v) is 7.96. The maximum Gasteiger partial charge on any atom is 0.333 e. The van der Waals surface area contributed by atoms with Crippen LogP contribution in [0.3, 0.4) is 0 Å². The fraction of sp³-hybridized carbons (Fsp3) is 0.250. The lowest BCUT2D eigenvalue weighted by Crippen LogP contribution is -2.24. The molecule has 3 aromatic carbocycles. The van der Waals surface area contributed by atoms with Crippen LogP contribution in [0.15, 0.2) is 78.9 Å². The number of methoxy groups -OCH3 is 1. The molecule has 0 radical (unpaired) electrons. The van der Waals surface area contributed by atoms with Gasteiger partial charge in [-0.15, -0.1) is 0 Å². The van der Waals surface area contributed by atoms with E-state index in [-0.39, 0.29) is 0 Å². The Morgan fingerprint density at radius 3 is 2.52 bits per heavy atom. The summed E-state index contributed by atoms with van der Waals surface area (Å²) in [4.78, 5) is 11.1. The summed E-state index contributed by atoms with van der Waals surface area (Å²) in [7, 11) is 1.41. The summed E-state index contributed by atoms with van der Waals surface area (Å²) in [5, 5.41) is 9.11. The van der Waals surface area contributed by atoms with E-state index in [1.807, 2.05) is 48.5 Å². The SMILES string of the molecule is COC(Cc1ccc(OCCC/C=C2/c3ccccc3COc3ccccc32)cc1)C(=O)O. The van der Waals surface area contributed by atoms with Gasteiger partial charge in [-0.1, -0.05) is 60.7 Å². The zero-order chi connectivity index (χ0) is 23.0. The van der Waals surface area contributed by atoms with E-state index in [4.69, 9.17) is 19.3 Å². The second kappa shape index (κ2) is 10.8. The van der Waals surface area contributed by atoms with Crippen molar-refractivity contribution in [2.75, 3.05) is 13.7 Å². The molecule has 1 N–H and O–H groups in total. The molecule has 1 atom stereocenters. The van der Waals surface area contributed by atoms with Crippen LogP contribution in [0.5, 0.6) is 11.5 Å². The normalized spacial score (nSPS) is 14.5. The van der Waals surface area contributed by atoms with Gasteiger partial charge in [0.05, 0.1) is 6.61 Å². The molecule has 1 heterocycles. The van der Waals surface area contributed by atoms with E-state index in [1.165, 1.54) is 23.8 Å². The predicted molar refractivity (Wildman–Crippen MR) is 128 cm³/mol. The number of para-hydroxylation sites is 1. The van der Waals surface area contributed by atoms with Gasteiger partial charge in [-0.2, -0.15) is 0 Å². The van der Waals surface area contributed by atoms with Gasteiger partial charge < -0.3 is 19.3 Å². The monoisotopic (exact) mass is 444 g/mol. The highest BCUT2D eigenvalue weighted by Gasteiger charge is 2.18. The highest BCUT2D eigenvalue weighted by molar-refractivity contribution is 5.84. The van der Waals surface area contributed by atoms with Crippen molar-refractivity contribution in [2.24, 2.45) is 0 Å². The van der Waals surface area contributed by atoms with Gasteiger partial charge >= 0.3 is 5.97 Å². The highest BCUT2D eigenvalue weighted by Crippen LogP contribution is 2.36. The van der Waals surface area contributed by atoms with Crippen LogP contribution in [0.25, 0.3) is 5.57 Å². The number of benzene rings is 3. The first-order chi connectivity index (χ1) is 16.2. The maximum atomic E-state index is 11.1. The first kappa shape index (κ1) is 22.6. The van der Waals surface area contributed by atoms with Crippen molar-refractivity contribution in [3.63, 3.8) is 0 Å². The zero-order valence-electron chi connectivity index (χ0n) is 18.7. The topological polar surface area (TPSA) is 65.0 Å². The van der Waals surface area contributed by atoms with Gasteiger partial charge in [0, 0.05) is 19.1 Å². The number of aliphatic carboxylic acids is 1. The molecular weight excluding hydrogens is 416 g/mol. The van der Waals surface area contributed by atoms with Gasteiger partial charge in [-0.3, -0.25) is 0 Å². The fourth-order valence-electron chi connectivity index (χ4n) is 3.97. The summed E-state index contributed by atoms with van der Waals surface area (Å²) in [6.45, 7) is 1.17. The van der Waals surface area contributed by atoms with Gasteiger partial charge in [0.15, 0.2) is 6.10 Å². The molecule has 33 heavy (non-hydrogen) atoms. The first-order valence-electron chi connectivity index (χ1n) is 11.1. The average Bonchev–Trinajstić information content (AvgIpc) is 3.00. The van der Waals surface area contributed by atoms with Crippen LogP contribution in [-0.4, -0.2) is 30.9 Å². The number of allylic oxidation sites excluding steroid dienone is 1. The number of unbranched alkanes of at least 4 members (excludes halogenated alkanes) is 1. The lowest BCUT2D eigenvalue weighted by molar-refractivity contribution is -0.148. The van der Waals surface area contributed by atoms with E-state index in [1.54, 1.807) is 0 Å². The number of carbonyl (C=O) groups is 1. The lowest BCUT2D eigenvalue weighted by atomic mass is 9.93. The third-order valence-electron chi connectivity index (χ3n) is 5.74. The summed E-state index contributed by atoms with van der Waals surface area (Å²) in [5.74, 6) is 0.724. The first-order valence-corrected chi connectivity index (χ1v) is 11.1. The molecule has 0 amide bonds. The molecule has 1 aliphatic heterocycles. The van der Waals surface area contributed by atoms with Gasteiger partial charge in [0.25, 0.3) is 0 Å². The van der Waals surface area contributed by atoms with E-state index in [9.17, 15) is 4.79 Å². The van der Waals surface area contributed by atoms with E-state index < -0.39 is 12.1 Å². The standard InChI is InChI=1S/C28H28O5/c1-31-27(28(29)30)18-20-13-15-22(16-14-20)32-17-7-6-10-24-23-9-3-2-8-21(23)19-33-26-12-5-4-11-25(24)26/h2-5,8-16,27H,6-7,17-19H2,1H3,(H,29,30)/b24-10-. The fourth-order valence-corrected chi connectivity index (χ4v) is 3.97. The Morgan fingerprint density at radius 2 is 1.76 bits per heavy atom. The van der Waals surface area contributed by atoms with E-state index >= 15 is 0 Å². The van der Waals surface area contributed by atoms with Crippen LogP contribution in [0.2, 0.25) is 0 Å². The number of ether oxygens (including phenoxy) is 3. The summed E-state index contributed by atoms with van der Waals surface area (Å²) in [5.41, 5.74) is 5.63. The van der Waals surface area contributed by atoms with E-state index in [0.29, 0.717) is 19.6 Å². The van der Waals surface area contributed by atoms with Crippen molar-refractivity contribution in [3.8, 4) is 11.5 Å². The van der Waals surface area contributed by atoms with Crippen molar-refractivity contribution < 1.29 is 24.1 Å². The Kier molecular flexibility index (Phi) is 7.43. The third kappa shape index (κ3) is 5.62. The molecule has 1 unspecified atom stereocenters. The number of hydrogen-bond donors (Lipinski definition) is 1. The van der Waals surface area contributed by atoms with Gasteiger partial charge in [0.1, 0.15) is 18.1 Å². The molecule has 3 aromatic rings. The molecule has 0 fully saturated rings. The van der Waals surface area contributed by atoms with Gasteiger partial charge in [-0.05, 0) is 53.3 Å². The molecule has 0 saturated heterocycles. The van der Waals surface area contributed by atoms with Crippen LogP contribution in [0.4, 0.5) is 0 Å². The molecule has 0 aromatic heterocycles. The van der Waals surface area contributed by atoms with Crippen LogP contribution in [0.1, 0.15) is 35.1 Å². The number of fused-ring (bicyclic) bond motifs is 2. The van der Waals surface area contributed by atoms with E-state index in [0.717, 1.165) is 35.5 Å². The van der Waals surface area contributed by atoms with Crippen molar-refractivity contribution in [1.29, 1.82) is 0 Å². The Hall–Kier alpha value is -3.57. The van der Waals surface area contributed by atoms with Crippen molar-refractivity contribution in [3.05, 3.63) is 101 Å². The molecule has 0 spiro atoms. The average molecular weight is 445 g/mol. The number of carboxylic acid groups (broad SMARTS) is 1. The van der Waals surface area contributed by atoms with Crippen molar-refractivity contribution in [1.82, 2.24) is 0 Å². The number of carboxylic acids is 1. The minimum Gasteiger partial charge on any atom is -0.494 e. The Labute approximate surface area is 194 Å². The molecule has 4 rings (SSSR count). The smallest absolute Gasteiger partial charge is 0.333 e.